The Morgan fingerprint density at radius 1 is 0.920 bits per heavy atom. The SMILES string of the molecule is COc1cc(C(=O)O)ccc1O.OCCOCCOCCOCCO. The molecule has 9 nitrogen and oxygen atoms in total. The summed E-state index contributed by atoms with van der Waals surface area (Å²) >= 11 is 0. The van der Waals surface area contributed by atoms with E-state index >= 15 is 0 Å². The van der Waals surface area contributed by atoms with Crippen molar-refractivity contribution in [1.29, 1.82) is 0 Å². The number of aromatic carboxylic acids is 1. The summed E-state index contributed by atoms with van der Waals surface area (Å²) in [6, 6.07) is 3.85. The number of aromatic hydroxyl groups is 1. The van der Waals surface area contributed by atoms with Crippen LogP contribution in [0.5, 0.6) is 11.5 Å². The van der Waals surface area contributed by atoms with Gasteiger partial charge >= 0.3 is 5.97 Å². The highest BCUT2D eigenvalue weighted by Crippen LogP contribution is 2.25. The standard InChI is InChI=1S/C8H18O5.C8H8O4/c9-1-3-11-5-7-13-8-6-12-4-2-10;1-12-7-4-5(8(10)11)2-3-6(7)9/h9-10H,1-8H2;2-4,9H,1H3,(H,10,11). The summed E-state index contributed by atoms with van der Waals surface area (Å²) in [5.41, 5.74) is 0.0876. The molecule has 1 aromatic rings. The predicted molar refractivity (Wildman–Crippen MR) is 88.2 cm³/mol. The van der Waals surface area contributed by atoms with Crippen molar-refractivity contribution in [2.45, 2.75) is 0 Å². The van der Waals surface area contributed by atoms with Gasteiger partial charge in [-0.05, 0) is 18.2 Å². The molecule has 25 heavy (non-hydrogen) atoms. The first-order chi connectivity index (χ1) is 12.1. The van der Waals surface area contributed by atoms with Crippen LogP contribution in [0, 0.1) is 0 Å². The second-order valence-corrected chi connectivity index (χ2v) is 4.48. The van der Waals surface area contributed by atoms with Crippen molar-refractivity contribution >= 4 is 5.97 Å². The monoisotopic (exact) mass is 362 g/mol. The van der Waals surface area contributed by atoms with Crippen molar-refractivity contribution in [3.63, 3.8) is 0 Å². The fourth-order valence-electron chi connectivity index (χ4n) is 1.48. The summed E-state index contributed by atoms with van der Waals surface area (Å²) < 4.78 is 19.7. The number of methoxy groups -OCH3 is 1. The summed E-state index contributed by atoms with van der Waals surface area (Å²) in [5, 5.41) is 34.4. The minimum Gasteiger partial charge on any atom is -0.504 e. The van der Waals surface area contributed by atoms with Crippen molar-refractivity contribution in [2.24, 2.45) is 0 Å². The Kier molecular flexibility index (Phi) is 14.4. The number of phenolic OH excluding ortho intramolecular Hbond substituents is 1. The maximum absolute atomic E-state index is 10.4. The summed E-state index contributed by atoms with van der Waals surface area (Å²) in [5.74, 6) is -0.953. The van der Waals surface area contributed by atoms with E-state index in [1.54, 1.807) is 0 Å². The zero-order chi connectivity index (χ0) is 18.9. The Labute approximate surface area is 146 Å². The van der Waals surface area contributed by atoms with Gasteiger partial charge < -0.3 is 39.4 Å². The van der Waals surface area contributed by atoms with Crippen LogP contribution in [0.2, 0.25) is 0 Å². The highest BCUT2D eigenvalue weighted by atomic mass is 16.5. The average molecular weight is 362 g/mol. The van der Waals surface area contributed by atoms with E-state index in [0.29, 0.717) is 39.6 Å². The second kappa shape index (κ2) is 15.6. The molecule has 0 aromatic heterocycles. The van der Waals surface area contributed by atoms with Gasteiger partial charge in [0.25, 0.3) is 0 Å². The Balaban J connectivity index is 0.000000462. The quantitative estimate of drug-likeness (QED) is 0.382. The number of carboxylic acids is 1. The van der Waals surface area contributed by atoms with E-state index in [9.17, 15) is 4.79 Å². The molecular weight excluding hydrogens is 336 g/mol. The van der Waals surface area contributed by atoms with Crippen LogP contribution in [0.15, 0.2) is 18.2 Å². The fourth-order valence-corrected chi connectivity index (χ4v) is 1.48. The summed E-state index contributed by atoms with van der Waals surface area (Å²) in [6.07, 6.45) is 0. The number of hydrogen-bond acceptors (Lipinski definition) is 8. The molecule has 0 saturated heterocycles. The largest absolute Gasteiger partial charge is 0.504 e. The number of ether oxygens (including phenoxy) is 4. The molecule has 0 spiro atoms. The van der Waals surface area contributed by atoms with Crippen molar-refractivity contribution < 1.29 is 44.2 Å². The normalized spacial score (nSPS) is 10.0. The highest BCUT2D eigenvalue weighted by Gasteiger charge is 2.06. The third kappa shape index (κ3) is 12.1. The molecule has 0 aliphatic carbocycles. The molecule has 0 atom stereocenters. The summed E-state index contributed by atoms with van der Waals surface area (Å²) in [7, 11) is 1.36. The smallest absolute Gasteiger partial charge is 0.335 e. The number of carbonyl (C=O) groups is 1. The highest BCUT2D eigenvalue weighted by molar-refractivity contribution is 5.88. The van der Waals surface area contributed by atoms with Crippen molar-refractivity contribution in [3.8, 4) is 11.5 Å². The van der Waals surface area contributed by atoms with E-state index in [0.717, 1.165) is 0 Å². The molecule has 1 aromatic carbocycles. The number of aliphatic hydroxyl groups excluding tert-OH is 2. The van der Waals surface area contributed by atoms with Gasteiger partial charge in [-0.2, -0.15) is 0 Å². The molecule has 0 unspecified atom stereocenters. The number of phenols is 1. The Hall–Kier alpha value is -1.91. The third-order valence-corrected chi connectivity index (χ3v) is 2.64. The minimum absolute atomic E-state index is 0.0413. The Bertz CT molecular complexity index is 455. The number of carboxylic acid groups (broad SMARTS) is 1. The van der Waals surface area contributed by atoms with E-state index in [-0.39, 0.29) is 30.3 Å². The maximum Gasteiger partial charge on any atom is 0.335 e. The van der Waals surface area contributed by atoms with Gasteiger partial charge in [0.15, 0.2) is 11.5 Å². The van der Waals surface area contributed by atoms with Crippen LogP contribution >= 0.6 is 0 Å². The van der Waals surface area contributed by atoms with Crippen molar-refractivity contribution in [2.75, 3.05) is 60.0 Å². The molecule has 0 fully saturated rings. The molecule has 0 aliphatic heterocycles. The van der Waals surface area contributed by atoms with Crippen LogP contribution in [0.1, 0.15) is 10.4 Å². The van der Waals surface area contributed by atoms with Gasteiger partial charge in [0, 0.05) is 0 Å². The number of rotatable bonds is 12. The van der Waals surface area contributed by atoms with E-state index in [1.165, 1.54) is 25.3 Å². The molecule has 0 aliphatic rings. The molecule has 0 saturated carbocycles. The molecule has 4 N–H and O–H groups in total. The predicted octanol–water partition coefficient (Wildman–Crippen LogP) is 0.120. The fraction of sp³-hybridized carbons (Fsp3) is 0.562. The van der Waals surface area contributed by atoms with Crippen LogP contribution in [-0.2, 0) is 14.2 Å². The lowest BCUT2D eigenvalue weighted by atomic mass is 10.2. The van der Waals surface area contributed by atoms with E-state index in [2.05, 4.69) is 0 Å². The molecule has 0 heterocycles. The van der Waals surface area contributed by atoms with Gasteiger partial charge in [-0.15, -0.1) is 0 Å². The number of aliphatic hydroxyl groups is 2. The van der Waals surface area contributed by atoms with E-state index < -0.39 is 5.97 Å². The van der Waals surface area contributed by atoms with Crippen molar-refractivity contribution in [3.05, 3.63) is 23.8 Å². The van der Waals surface area contributed by atoms with Crippen molar-refractivity contribution in [1.82, 2.24) is 0 Å². The average Bonchev–Trinajstić information content (AvgIpc) is 2.61. The molecule has 0 amide bonds. The Morgan fingerprint density at radius 3 is 1.80 bits per heavy atom. The zero-order valence-electron chi connectivity index (χ0n) is 14.2. The topological polar surface area (TPSA) is 135 Å². The first-order valence-electron chi connectivity index (χ1n) is 7.62. The number of hydrogen-bond donors (Lipinski definition) is 4. The van der Waals surface area contributed by atoms with Gasteiger partial charge in [0.05, 0.1) is 65.5 Å². The number of benzene rings is 1. The first kappa shape index (κ1) is 23.1. The van der Waals surface area contributed by atoms with E-state index in [4.69, 9.17) is 39.4 Å². The Morgan fingerprint density at radius 2 is 1.40 bits per heavy atom. The maximum atomic E-state index is 10.4. The van der Waals surface area contributed by atoms with Gasteiger partial charge in [0.2, 0.25) is 0 Å². The first-order valence-corrected chi connectivity index (χ1v) is 7.62. The third-order valence-electron chi connectivity index (χ3n) is 2.64. The molecular formula is C16H26O9. The van der Waals surface area contributed by atoms with Gasteiger partial charge in [-0.25, -0.2) is 4.79 Å². The van der Waals surface area contributed by atoms with E-state index in [1.807, 2.05) is 0 Å². The lowest BCUT2D eigenvalue weighted by Crippen LogP contribution is -2.11. The second-order valence-electron chi connectivity index (χ2n) is 4.48. The zero-order valence-corrected chi connectivity index (χ0v) is 14.2. The molecule has 0 bridgehead atoms. The van der Waals surface area contributed by atoms with Crippen LogP contribution in [-0.4, -0.2) is 86.4 Å². The van der Waals surface area contributed by atoms with Crippen LogP contribution in [0.3, 0.4) is 0 Å². The molecule has 9 heteroatoms. The summed E-state index contributed by atoms with van der Waals surface area (Å²) in [6.45, 7) is 2.76. The van der Waals surface area contributed by atoms with Crippen LogP contribution in [0.25, 0.3) is 0 Å². The summed E-state index contributed by atoms with van der Waals surface area (Å²) in [4.78, 5) is 10.4. The van der Waals surface area contributed by atoms with Crippen LogP contribution < -0.4 is 4.74 Å². The molecule has 1 rings (SSSR count). The molecule has 0 radical (unpaired) electrons. The van der Waals surface area contributed by atoms with Gasteiger partial charge in [0.1, 0.15) is 0 Å². The van der Waals surface area contributed by atoms with Gasteiger partial charge in [-0.3, -0.25) is 0 Å². The molecule has 144 valence electrons. The minimum atomic E-state index is -1.05. The van der Waals surface area contributed by atoms with Gasteiger partial charge in [-0.1, -0.05) is 0 Å². The lowest BCUT2D eigenvalue weighted by Gasteiger charge is -2.04. The van der Waals surface area contributed by atoms with Crippen LogP contribution in [0.4, 0.5) is 0 Å². The lowest BCUT2D eigenvalue weighted by molar-refractivity contribution is 0.00230.